The number of pyridine rings is 1. The van der Waals surface area contributed by atoms with Crippen molar-refractivity contribution in [2.45, 2.75) is 6.42 Å². The van der Waals surface area contributed by atoms with E-state index in [1.54, 1.807) is 6.20 Å². The molecule has 0 aliphatic rings. The Kier molecular flexibility index (Phi) is 3.12. The summed E-state index contributed by atoms with van der Waals surface area (Å²) >= 11 is 0. The SMILES string of the molecule is O=S(=O)(Cl)CCc1cnc2ccccc2c1. The van der Waals surface area contributed by atoms with Crippen LogP contribution in [0.1, 0.15) is 5.56 Å². The molecule has 0 radical (unpaired) electrons. The van der Waals surface area contributed by atoms with Crippen molar-refractivity contribution in [3.05, 3.63) is 42.1 Å². The van der Waals surface area contributed by atoms with Gasteiger partial charge in [0.25, 0.3) is 0 Å². The first-order chi connectivity index (χ1) is 7.54. The molecule has 5 heteroatoms. The number of fused-ring (bicyclic) bond motifs is 1. The number of aryl methyl sites for hydroxylation is 1. The molecule has 2 rings (SSSR count). The van der Waals surface area contributed by atoms with E-state index in [2.05, 4.69) is 4.98 Å². The molecule has 0 fully saturated rings. The minimum absolute atomic E-state index is 0.0609. The van der Waals surface area contributed by atoms with Crippen LogP contribution in [0.4, 0.5) is 0 Å². The van der Waals surface area contributed by atoms with Gasteiger partial charge in [-0.05, 0) is 24.1 Å². The lowest BCUT2D eigenvalue weighted by molar-refractivity contribution is 0.609. The molecule has 0 atom stereocenters. The van der Waals surface area contributed by atoms with Crippen LogP contribution in [0.25, 0.3) is 10.9 Å². The Balaban J connectivity index is 2.26. The molecule has 0 saturated heterocycles. The minimum atomic E-state index is -3.43. The molecule has 0 N–H and O–H groups in total. The van der Waals surface area contributed by atoms with Crippen LogP contribution in [-0.4, -0.2) is 19.2 Å². The Labute approximate surface area is 98.5 Å². The van der Waals surface area contributed by atoms with Gasteiger partial charge in [0, 0.05) is 22.3 Å². The van der Waals surface area contributed by atoms with Gasteiger partial charge in [0.15, 0.2) is 0 Å². The van der Waals surface area contributed by atoms with Crippen LogP contribution in [-0.2, 0) is 15.5 Å². The number of nitrogens with zero attached hydrogens (tertiary/aromatic N) is 1. The van der Waals surface area contributed by atoms with Crippen molar-refractivity contribution in [3.8, 4) is 0 Å². The van der Waals surface area contributed by atoms with Gasteiger partial charge in [0.05, 0.1) is 11.3 Å². The average Bonchev–Trinajstić information content (AvgIpc) is 2.25. The highest BCUT2D eigenvalue weighted by atomic mass is 35.7. The van der Waals surface area contributed by atoms with E-state index >= 15 is 0 Å². The van der Waals surface area contributed by atoms with Crippen molar-refractivity contribution < 1.29 is 8.42 Å². The average molecular weight is 256 g/mol. The van der Waals surface area contributed by atoms with Gasteiger partial charge in [-0.15, -0.1) is 0 Å². The largest absolute Gasteiger partial charge is 0.256 e. The summed E-state index contributed by atoms with van der Waals surface area (Å²) in [7, 11) is 1.72. The lowest BCUT2D eigenvalue weighted by Crippen LogP contribution is -2.01. The Morgan fingerprint density at radius 1 is 1.25 bits per heavy atom. The second kappa shape index (κ2) is 4.39. The molecule has 0 unspecified atom stereocenters. The highest BCUT2D eigenvalue weighted by molar-refractivity contribution is 8.13. The summed E-state index contributed by atoms with van der Waals surface area (Å²) in [6.07, 6.45) is 2.08. The first-order valence-electron chi connectivity index (χ1n) is 4.81. The van der Waals surface area contributed by atoms with E-state index in [1.807, 2.05) is 30.3 Å². The first-order valence-corrected chi connectivity index (χ1v) is 7.28. The van der Waals surface area contributed by atoms with Gasteiger partial charge < -0.3 is 0 Å². The smallest absolute Gasteiger partial charge is 0.232 e. The van der Waals surface area contributed by atoms with Gasteiger partial charge in [-0.3, -0.25) is 4.98 Å². The van der Waals surface area contributed by atoms with Crippen LogP contribution in [0.3, 0.4) is 0 Å². The molecule has 1 aromatic carbocycles. The van der Waals surface area contributed by atoms with Crippen molar-refractivity contribution in [1.29, 1.82) is 0 Å². The maximum atomic E-state index is 10.8. The van der Waals surface area contributed by atoms with Gasteiger partial charge in [0.2, 0.25) is 9.05 Å². The van der Waals surface area contributed by atoms with Gasteiger partial charge in [0.1, 0.15) is 0 Å². The van der Waals surface area contributed by atoms with Gasteiger partial charge >= 0.3 is 0 Å². The molecule has 0 aliphatic carbocycles. The summed E-state index contributed by atoms with van der Waals surface area (Å²) in [5.74, 6) is -0.0609. The van der Waals surface area contributed by atoms with E-state index in [1.165, 1.54) is 0 Å². The molecule has 2 aromatic rings. The zero-order valence-electron chi connectivity index (χ0n) is 8.43. The number of benzene rings is 1. The molecule has 1 aromatic heterocycles. The standard InChI is InChI=1S/C11H10ClNO2S/c12-16(14,15)6-5-9-7-10-3-1-2-4-11(10)13-8-9/h1-4,7-8H,5-6H2. The van der Waals surface area contributed by atoms with E-state index < -0.39 is 9.05 Å². The first kappa shape index (κ1) is 11.4. The summed E-state index contributed by atoms with van der Waals surface area (Å²) in [4.78, 5) is 4.24. The van der Waals surface area contributed by atoms with Crippen molar-refractivity contribution in [2.24, 2.45) is 0 Å². The molecule has 0 aliphatic heterocycles. The molecule has 16 heavy (non-hydrogen) atoms. The maximum Gasteiger partial charge on any atom is 0.232 e. The predicted octanol–water partition coefficient (Wildman–Crippen LogP) is 2.35. The van der Waals surface area contributed by atoms with Crippen LogP contribution in [0, 0.1) is 0 Å². The normalized spacial score (nSPS) is 11.8. The maximum absolute atomic E-state index is 10.8. The van der Waals surface area contributed by atoms with E-state index in [0.717, 1.165) is 16.5 Å². The van der Waals surface area contributed by atoms with E-state index in [-0.39, 0.29) is 5.75 Å². The number of aromatic nitrogens is 1. The number of hydrogen-bond donors (Lipinski definition) is 0. The van der Waals surface area contributed by atoms with E-state index in [4.69, 9.17) is 10.7 Å². The summed E-state index contributed by atoms with van der Waals surface area (Å²) in [5.41, 5.74) is 1.78. The summed E-state index contributed by atoms with van der Waals surface area (Å²) in [5, 5.41) is 1.01. The zero-order valence-corrected chi connectivity index (χ0v) is 10.0. The lowest BCUT2D eigenvalue weighted by atomic mass is 10.1. The van der Waals surface area contributed by atoms with Gasteiger partial charge in [-0.1, -0.05) is 18.2 Å². The summed E-state index contributed by atoms with van der Waals surface area (Å²) in [6.45, 7) is 0. The Morgan fingerprint density at radius 2 is 2.00 bits per heavy atom. The minimum Gasteiger partial charge on any atom is -0.256 e. The molecular weight excluding hydrogens is 246 g/mol. The van der Waals surface area contributed by atoms with Crippen LogP contribution in [0.15, 0.2) is 36.5 Å². The summed E-state index contributed by atoms with van der Waals surface area (Å²) < 4.78 is 21.6. The van der Waals surface area contributed by atoms with Crippen LogP contribution >= 0.6 is 10.7 Å². The Hall–Kier alpha value is -1.13. The van der Waals surface area contributed by atoms with Crippen molar-refractivity contribution in [2.75, 3.05) is 5.75 Å². The van der Waals surface area contributed by atoms with Crippen LogP contribution < -0.4 is 0 Å². The molecule has 0 amide bonds. The third-order valence-electron chi connectivity index (χ3n) is 2.28. The monoisotopic (exact) mass is 255 g/mol. The topological polar surface area (TPSA) is 47.0 Å². The highest BCUT2D eigenvalue weighted by Gasteiger charge is 2.06. The number of hydrogen-bond acceptors (Lipinski definition) is 3. The molecule has 0 saturated carbocycles. The lowest BCUT2D eigenvalue weighted by Gasteiger charge is -2.01. The van der Waals surface area contributed by atoms with Gasteiger partial charge in [-0.25, -0.2) is 8.42 Å². The van der Waals surface area contributed by atoms with E-state index in [0.29, 0.717) is 6.42 Å². The molecule has 84 valence electrons. The summed E-state index contributed by atoms with van der Waals surface area (Å²) in [6, 6.07) is 9.63. The second-order valence-electron chi connectivity index (χ2n) is 3.53. The number of para-hydroxylation sites is 1. The second-order valence-corrected chi connectivity index (χ2v) is 6.43. The predicted molar refractivity (Wildman–Crippen MR) is 65.1 cm³/mol. The zero-order chi connectivity index (χ0) is 11.6. The number of rotatable bonds is 3. The van der Waals surface area contributed by atoms with Crippen LogP contribution in [0.5, 0.6) is 0 Å². The van der Waals surface area contributed by atoms with Crippen molar-refractivity contribution in [3.63, 3.8) is 0 Å². The fraction of sp³-hybridized carbons (Fsp3) is 0.182. The fourth-order valence-corrected chi connectivity index (χ4v) is 2.20. The van der Waals surface area contributed by atoms with Crippen LogP contribution in [0.2, 0.25) is 0 Å². The molecule has 1 heterocycles. The third-order valence-corrected chi connectivity index (χ3v) is 3.44. The number of halogens is 1. The van der Waals surface area contributed by atoms with Crippen molar-refractivity contribution in [1.82, 2.24) is 4.98 Å². The highest BCUT2D eigenvalue weighted by Crippen LogP contribution is 2.13. The Bertz CT molecular complexity index is 610. The Morgan fingerprint density at radius 3 is 2.75 bits per heavy atom. The molecule has 0 spiro atoms. The van der Waals surface area contributed by atoms with E-state index in [9.17, 15) is 8.42 Å². The van der Waals surface area contributed by atoms with Gasteiger partial charge in [-0.2, -0.15) is 0 Å². The molecular formula is C11H10ClNO2S. The molecule has 3 nitrogen and oxygen atoms in total. The third kappa shape index (κ3) is 2.93. The fourth-order valence-electron chi connectivity index (χ4n) is 1.49. The van der Waals surface area contributed by atoms with Crippen molar-refractivity contribution >= 4 is 30.6 Å². The quantitative estimate of drug-likeness (QED) is 0.791. The molecule has 0 bridgehead atoms.